The topological polar surface area (TPSA) is 70.7 Å². The molecule has 3 rings (SSSR count). The fraction of sp³-hybridized carbons (Fsp3) is 0.333. The van der Waals surface area contributed by atoms with Gasteiger partial charge in [0.2, 0.25) is 0 Å². The van der Waals surface area contributed by atoms with Crippen molar-refractivity contribution in [2.24, 2.45) is 0 Å². The quantitative estimate of drug-likeness (QED) is 0.722. The van der Waals surface area contributed by atoms with Crippen LogP contribution in [0.5, 0.6) is 6.01 Å². The van der Waals surface area contributed by atoms with Crippen molar-refractivity contribution in [1.29, 1.82) is 0 Å². The van der Waals surface area contributed by atoms with E-state index >= 15 is 0 Å². The van der Waals surface area contributed by atoms with Crippen LogP contribution in [-0.2, 0) is 6.54 Å². The highest BCUT2D eigenvalue weighted by Gasteiger charge is 2.09. The third-order valence-corrected chi connectivity index (χ3v) is 3.32. The van der Waals surface area contributed by atoms with Gasteiger partial charge >= 0.3 is 6.01 Å². The highest BCUT2D eigenvalue weighted by molar-refractivity contribution is 5.52. The van der Waals surface area contributed by atoms with Crippen molar-refractivity contribution < 1.29 is 4.74 Å². The molecule has 7 nitrogen and oxygen atoms in total. The van der Waals surface area contributed by atoms with Gasteiger partial charge in [-0.25, -0.2) is 15.0 Å². The lowest BCUT2D eigenvalue weighted by Crippen LogP contribution is -2.02. The summed E-state index contributed by atoms with van der Waals surface area (Å²) in [4.78, 5) is 12.6. The van der Waals surface area contributed by atoms with Gasteiger partial charge in [0.15, 0.2) is 0 Å². The molecule has 0 radical (unpaired) electrons. The van der Waals surface area contributed by atoms with Crippen molar-refractivity contribution in [3.63, 3.8) is 0 Å². The maximum atomic E-state index is 4.98. The summed E-state index contributed by atoms with van der Waals surface area (Å²) < 4.78 is 8.97. The minimum absolute atomic E-state index is 0.347. The third kappa shape index (κ3) is 2.83. The summed E-state index contributed by atoms with van der Waals surface area (Å²) in [5, 5.41) is 4.36. The zero-order valence-electron chi connectivity index (χ0n) is 12.8. The van der Waals surface area contributed by atoms with E-state index < -0.39 is 0 Å². The molecule has 0 aromatic carbocycles. The zero-order chi connectivity index (χ0) is 15.5. The first-order valence-electron chi connectivity index (χ1n) is 7.08. The van der Waals surface area contributed by atoms with E-state index in [-0.39, 0.29) is 0 Å². The number of rotatable bonds is 5. The van der Waals surface area contributed by atoms with E-state index in [4.69, 9.17) is 4.74 Å². The van der Waals surface area contributed by atoms with Crippen LogP contribution in [0.3, 0.4) is 0 Å². The molecular formula is C15H18N6O. The van der Waals surface area contributed by atoms with Crippen LogP contribution >= 0.6 is 0 Å². The second-order valence-corrected chi connectivity index (χ2v) is 5.26. The largest absolute Gasteiger partial charge is 0.467 e. The molecule has 22 heavy (non-hydrogen) atoms. The fourth-order valence-electron chi connectivity index (χ4n) is 2.17. The van der Waals surface area contributed by atoms with E-state index in [0.29, 0.717) is 18.6 Å². The van der Waals surface area contributed by atoms with Crippen LogP contribution in [0, 0.1) is 0 Å². The van der Waals surface area contributed by atoms with E-state index in [9.17, 15) is 0 Å². The molecule has 0 spiro atoms. The molecule has 0 fully saturated rings. The van der Waals surface area contributed by atoms with Gasteiger partial charge in [-0.3, -0.25) is 4.68 Å². The van der Waals surface area contributed by atoms with Crippen molar-refractivity contribution in [2.45, 2.75) is 26.4 Å². The van der Waals surface area contributed by atoms with Gasteiger partial charge in [0.1, 0.15) is 5.82 Å². The Hall–Kier alpha value is -2.70. The van der Waals surface area contributed by atoms with Gasteiger partial charge in [-0.05, 0) is 13.8 Å². The highest BCUT2D eigenvalue weighted by Crippen LogP contribution is 2.18. The molecule has 0 bridgehead atoms. The smallest absolute Gasteiger partial charge is 0.316 e. The molecule has 114 valence electrons. The van der Waals surface area contributed by atoms with Crippen molar-refractivity contribution in [2.75, 3.05) is 7.11 Å². The van der Waals surface area contributed by atoms with Crippen LogP contribution in [-0.4, -0.2) is 36.4 Å². The SMILES string of the molecule is COc1ncc(-c2nccn2Cc2cnn(C(C)C)c2)cn1. The van der Waals surface area contributed by atoms with Gasteiger partial charge in [0, 0.05) is 42.6 Å². The predicted octanol–water partition coefficient (Wildman–Crippen LogP) is 2.17. The molecule has 0 saturated heterocycles. The number of aromatic nitrogens is 6. The van der Waals surface area contributed by atoms with Crippen LogP contribution < -0.4 is 4.74 Å². The van der Waals surface area contributed by atoms with Gasteiger partial charge in [-0.15, -0.1) is 0 Å². The molecule has 0 atom stereocenters. The molecule has 0 aliphatic heterocycles. The van der Waals surface area contributed by atoms with Crippen molar-refractivity contribution in [1.82, 2.24) is 29.3 Å². The first-order valence-corrected chi connectivity index (χ1v) is 7.08. The Kier molecular flexibility index (Phi) is 3.86. The lowest BCUT2D eigenvalue weighted by Gasteiger charge is -2.07. The molecule has 0 saturated carbocycles. The van der Waals surface area contributed by atoms with Crippen LogP contribution in [0.4, 0.5) is 0 Å². The van der Waals surface area contributed by atoms with Gasteiger partial charge in [-0.2, -0.15) is 5.10 Å². The standard InChI is InChI=1S/C15H18N6O/c1-11(2)21-10-12(6-19-21)9-20-5-4-16-14(20)13-7-17-15(22-3)18-8-13/h4-8,10-11H,9H2,1-3H3. The van der Waals surface area contributed by atoms with Gasteiger partial charge in [0.25, 0.3) is 0 Å². The van der Waals surface area contributed by atoms with Crippen molar-refractivity contribution >= 4 is 0 Å². The highest BCUT2D eigenvalue weighted by atomic mass is 16.5. The Labute approximate surface area is 128 Å². The summed E-state index contributed by atoms with van der Waals surface area (Å²) in [6.07, 6.45) is 11.1. The lowest BCUT2D eigenvalue weighted by atomic mass is 10.3. The summed E-state index contributed by atoms with van der Waals surface area (Å²) in [5.74, 6) is 0.819. The summed E-state index contributed by atoms with van der Waals surface area (Å²) in [6.45, 7) is 4.91. The molecule has 0 aliphatic rings. The average Bonchev–Trinajstić information content (AvgIpc) is 3.17. The number of hydrogen-bond donors (Lipinski definition) is 0. The second kappa shape index (κ2) is 5.97. The Bertz CT molecular complexity index is 743. The predicted molar refractivity (Wildman–Crippen MR) is 81.5 cm³/mol. The molecule has 0 amide bonds. The molecule has 3 aromatic heterocycles. The molecule has 0 N–H and O–H groups in total. The van der Waals surface area contributed by atoms with Crippen molar-refractivity contribution in [3.8, 4) is 17.4 Å². The monoisotopic (exact) mass is 298 g/mol. The summed E-state index contributed by atoms with van der Waals surface area (Å²) in [7, 11) is 1.54. The van der Waals surface area contributed by atoms with Crippen LogP contribution in [0.1, 0.15) is 25.5 Å². The Morgan fingerprint density at radius 1 is 1.14 bits per heavy atom. The molecule has 0 aliphatic carbocycles. The van der Waals surface area contributed by atoms with Gasteiger partial charge in [-0.1, -0.05) is 0 Å². The van der Waals surface area contributed by atoms with Gasteiger partial charge < -0.3 is 9.30 Å². The lowest BCUT2D eigenvalue weighted by molar-refractivity contribution is 0.380. The van der Waals surface area contributed by atoms with Crippen LogP contribution in [0.2, 0.25) is 0 Å². The minimum Gasteiger partial charge on any atom is -0.467 e. The molecule has 0 unspecified atom stereocenters. The number of hydrogen-bond acceptors (Lipinski definition) is 5. The zero-order valence-corrected chi connectivity index (χ0v) is 12.8. The molecular weight excluding hydrogens is 280 g/mol. The van der Waals surface area contributed by atoms with E-state index in [0.717, 1.165) is 17.0 Å². The van der Waals surface area contributed by atoms with E-state index in [2.05, 4.69) is 40.1 Å². The summed E-state index contributed by atoms with van der Waals surface area (Å²) >= 11 is 0. The number of imidazole rings is 1. The molecule has 7 heteroatoms. The molecule has 3 heterocycles. The Morgan fingerprint density at radius 2 is 1.91 bits per heavy atom. The summed E-state index contributed by atoms with van der Waals surface area (Å²) in [6, 6.07) is 0.700. The summed E-state index contributed by atoms with van der Waals surface area (Å²) in [5.41, 5.74) is 1.98. The van der Waals surface area contributed by atoms with Gasteiger partial charge in [0.05, 0.1) is 25.4 Å². The number of methoxy groups -OCH3 is 1. The third-order valence-electron chi connectivity index (χ3n) is 3.32. The number of ether oxygens (including phenoxy) is 1. The maximum absolute atomic E-state index is 4.98. The normalized spacial score (nSPS) is 11.1. The van der Waals surface area contributed by atoms with E-state index in [1.165, 1.54) is 0 Å². The van der Waals surface area contributed by atoms with Crippen molar-refractivity contribution in [3.05, 3.63) is 42.7 Å². The van der Waals surface area contributed by atoms with E-state index in [1.54, 1.807) is 25.7 Å². The van der Waals surface area contributed by atoms with Crippen LogP contribution in [0.25, 0.3) is 11.4 Å². The Morgan fingerprint density at radius 3 is 2.55 bits per heavy atom. The molecule has 3 aromatic rings. The Balaban J connectivity index is 1.84. The first-order chi connectivity index (χ1) is 10.7. The number of nitrogens with zero attached hydrogens (tertiary/aromatic N) is 6. The second-order valence-electron chi connectivity index (χ2n) is 5.26. The van der Waals surface area contributed by atoms with Crippen LogP contribution in [0.15, 0.2) is 37.2 Å². The minimum atomic E-state index is 0.347. The fourth-order valence-corrected chi connectivity index (χ4v) is 2.17. The first kappa shape index (κ1) is 14.2. The van der Waals surface area contributed by atoms with E-state index in [1.807, 2.05) is 21.6 Å². The average molecular weight is 298 g/mol. The maximum Gasteiger partial charge on any atom is 0.316 e.